The van der Waals surface area contributed by atoms with Crippen molar-refractivity contribution in [2.75, 3.05) is 0 Å². The largest absolute Gasteiger partial charge is 0.459 e. The van der Waals surface area contributed by atoms with Crippen molar-refractivity contribution < 1.29 is 19.1 Å². The molecule has 2 aromatic rings. The molecule has 2 atom stereocenters. The van der Waals surface area contributed by atoms with Crippen molar-refractivity contribution in [2.45, 2.75) is 58.7 Å². The number of ether oxygens (including phenoxy) is 1. The van der Waals surface area contributed by atoms with E-state index in [1.807, 2.05) is 68.4 Å². The van der Waals surface area contributed by atoms with Gasteiger partial charge in [-0.2, -0.15) is 0 Å². The van der Waals surface area contributed by atoms with Gasteiger partial charge in [-0.1, -0.05) is 68.4 Å². The highest BCUT2D eigenvalue weighted by atomic mass is 16.5. The molecule has 0 fully saturated rings. The molecule has 0 bridgehead atoms. The number of carbonyl (C=O) groups excluding carboxylic acids is 3. The Balaban J connectivity index is 1.53. The number of hydrogen-bond acceptors (Lipinski definition) is 4. The van der Waals surface area contributed by atoms with Crippen LogP contribution in [0.2, 0.25) is 0 Å². The van der Waals surface area contributed by atoms with Crippen molar-refractivity contribution in [3.8, 4) is 0 Å². The highest BCUT2D eigenvalue weighted by Crippen LogP contribution is 2.26. The lowest BCUT2D eigenvalue weighted by atomic mass is 10.0. The molecule has 6 nitrogen and oxygen atoms in total. The van der Waals surface area contributed by atoms with Gasteiger partial charge in [0.05, 0.1) is 0 Å². The van der Waals surface area contributed by atoms with Gasteiger partial charge in [-0.15, -0.1) is 0 Å². The summed E-state index contributed by atoms with van der Waals surface area (Å²) in [4.78, 5) is 38.1. The molecule has 32 heavy (non-hydrogen) atoms. The first kappa shape index (κ1) is 23.5. The molecule has 2 amide bonds. The summed E-state index contributed by atoms with van der Waals surface area (Å²) in [5.74, 6) is -0.996. The van der Waals surface area contributed by atoms with Crippen LogP contribution in [0.25, 0.3) is 0 Å². The molecule has 3 rings (SSSR count). The van der Waals surface area contributed by atoms with Gasteiger partial charge >= 0.3 is 5.97 Å². The predicted molar refractivity (Wildman–Crippen MR) is 123 cm³/mol. The lowest BCUT2D eigenvalue weighted by Crippen LogP contribution is -2.52. The van der Waals surface area contributed by atoms with Crippen molar-refractivity contribution in [3.05, 3.63) is 71.3 Å². The van der Waals surface area contributed by atoms with Crippen LogP contribution >= 0.6 is 0 Å². The topological polar surface area (TPSA) is 84.5 Å². The Morgan fingerprint density at radius 1 is 0.906 bits per heavy atom. The fraction of sp³-hybridized carbons (Fsp3) is 0.423. The third-order valence-electron chi connectivity index (χ3n) is 5.71. The van der Waals surface area contributed by atoms with Gasteiger partial charge in [0, 0.05) is 5.92 Å². The van der Waals surface area contributed by atoms with Gasteiger partial charge in [0.1, 0.15) is 18.7 Å². The van der Waals surface area contributed by atoms with Crippen LogP contribution in [-0.4, -0.2) is 29.9 Å². The number of nitrogens with one attached hydrogen (secondary N) is 2. The average Bonchev–Trinajstić information content (AvgIpc) is 3.22. The monoisotopic (exact) mass is 436 g/mol. The zero-order valence-corrected chi connectivity index (χ0v) is 19.0. The fourth-order valence-electron chi connectivity index (χ4n) is 3.95. The second-order valence-corrected chi connectivity index (χ2v) is 8.89. The summed E-state index contributed by atoms with van der Waals surface area (Å²) < 4.78 is 5.43. The van der Waals surface area contributed by atoms with Crippen molar-refractivity contribution >= 4 is 17.8 Å². The normalized spacial score (nSPS) is 15.0. The minimum atomic E-state index is -0.763. The summed E-state index contributed by atoms with van der Waals surface area (Å²) in [7, 11) is 0. The van der Waals surface area contributed by atoms with Crippen LogP contribution in [0.5, 0.6) is 0 Å². The van der Waals surface area contributed by atoms with Gasteiger partial charge in [0.2, 0.25) is 11.8 Å². The SMILES string of the molecule is CC(C)CC(NC(=O)C(C)NC(=O)C1Cc2ccccc2C1)C(=O)OCc1ccccc1. The number of esters is 1. The number of hydrogen-bond donors (Lipinski definition) is 2. The lowest BCUT2D eigenvalue weighted by Gasteiger charge is -2.22. The van der Waals surface area contributed by atoms with Gasteiger partial charge in [-0.05, 0) is 48.8 Å². The highest BCUT2D eigenvalue weighted by Gasteiger charge is 2.30. The van der Waals surface area contributed by atoms with E-state index in [1.54, 1.807) is 6.92 Å². The third-order valence-corrected chi connectivity index (χ3v) is 5.71. The molecule has 0 aromatic heterocycles. The Morgan fingerprint density at radius 2 is 1.50 bits per heavy atom. The molecular formula is C26H32N2O4. The Morgan fingerprint density at radius 3 is 2.09 bits per heavy atom. The lowest BCUT2D eigenvalue weighted by molar-refractivity contribution is -0.149. The van der Waals surface area contributed by atoms with Gasteiger partial charge in [0.25, 0.3) is 0 Å². The molecular weight excluding hydrogens is 404 g/mol. The Bertz CT molecular complexity index is 917. The van der Waals surface area contributed by atoms with Crippen LogP contribution < -0.4 is 10.6 Å². The van der Waals surface area contributed by atoms with Crippen LogP contribution in [0, 0.1) is 11.8 Å². The number of rotatable bonds is 9. The van der Waals surface area contributed by atoms with Gasteiger partial charge in [0.15, 0.2) is 0 Å². The third kappa shape index (κ3) is 6.42. The molecule has 0 saturated carbocycles. The van der Waals surface area contributed by atoms with Crippen LogP contribution in [0.3, 0.4) is 0 Å². The Kier molecular flexibility index (Phi) is 8.03. The molecule has 0 aliphatic heterocycles. The second kappa shape index (κ2) is 10.9. The van der Waals surface area contributed by atoms with Gasteiger partial charge < -0.3 is 15.4 Å². The fourth-order valence-corrected chi connectivity index (χ4v) is 3.95. The molecule has 2 unspecified atom stereocenters. The summed E-state index contributed by atoms with van der Waals surface area (Å²) in [5.41, 5.74) is 3.25. The summed E-state index contributed by atoms with van der Waals surface area (Å²) >= 11 is 0. The smallest absolute Gasteiger partial charge is 0.328 e. The quantitative estimate of drug-likeness (QED) is 0.592. The highest BCUT2D eigenvalue weighted by molar-refractivity contribution is 5.91. The summed E-state index contributed by atoms with van der Waals surface area (Å²) in [5, 5.41) is 5.58. The first-order valence-corrected chi connectivity index (χ1v) is 11.2. The van der Waals surface area contributed by atoms with E-state index in [0.29, 0.717) is 19.3 Å². The zero-order chi connectivity index (χ0) is 23.1. The summed E-state index contributed by atoms with van der Waals surface area (Å²) in [6.45, 7) is 5.74. The number of benzene rings is 2. The number of carbonyl (C=O) groups is 3. The minimum Gasteiger partial charge on any atom is -0.459 e. The number of amides is 2. The van der Waals surface area contributed by atoms with E-state index >= 15 is 0 Å². The van der Waals surface area contributed by atoms with E-state index in [1.165, 1.54) is 11.1 Å². The predicted octanol–water partition coefficient (Wildman–Crippen LogP) is 3.18. The van der Waals surface area contributed by atoms with Crippen LogP contribution in [0.4, 0.5) is 0 Å². The Hall–Kier alpha value is -3.15. The minimum absolute atomic E-state index is 0.143. The molecule has 0 heterocycles. The van der Waals surface area contributed by atoms with E-state index in [4.69, 9.17) is 4.74 Å². The molecule has 0 radical (unpaired) electrons. The average molecular weight is 437 g/mol. The summed E-state index contributed by atoms with van der Waals surface area (Å²) in [6.07, 6.45) is 1.81. The van der Waals surface area contributed by atoms with Crippen molar-refractivity contribution in [1.29, 1.82) is 0 Å². The van der Waals surface area contributed by atoms with Crippen molar-refractivity contribution in [2.24, 2.45) is 11.8 Å². The van der Waals surface area contributed by atoms with E-state index in [2.05, 4.69) is 10.6 Å². The van der Waals surface area contributed by atoms with Crippen LogP contribution in [0.1, 0.15) is 43.9 Å². The molecule has 0 spiro atoms. The first-order valence-electron chi connectivity index (χ1n) is 11.2. The molecule has 1 aliphatic carbocycles. The van der Waals surface area contributed by atoms with E-state index in [9.17, 15) is 14.4 Å². The summed E-state index contributed by atoms with van der Waals surface area (Å²) in [6, 6.07) is 15.9. The van der Waals surface area contributed by atoms with E-state index < -0.39 is 24.0 Å². The molecule has 170 valence electrons. The van der Waals surface area contributed by atoms with E-state index in [0.717, 1.165) is 5.56 Å². The van der Waals surface area contributed by atoms with Crippen LogP contribution in [0.15, 0.2) is 54.6 Å². The zero-order valence-electron chi connectivity index (χ0n) is 19.0. The van der Waals surface area contributed by atoms with Crippen LogP contribution in [-0.2, 0) is 38.6 Å². The van der Waals surface area contributed by atoms with Gasteiger partial charge in [-0.3, -0.25) is 9.59 Å². The Labute approximate surface area is 189 Å². The molecule has 6 heteroatoms. The van der Waals surface area contributed by atoms with Gasteiger partial charge in [-0.25, -0.2) is 4.79 Å². The molecule has 2 aromatic carbocycles. The molecule has 1 aliphatic rings. The second-order valence-electron chi connectivity index (χ2n) is 8.89. The number of fused-ring (bicyclic) bond motifs is 1. The molecule has 2 N–H and O–H groups in total. The molecule has 0 saturated heterocycles. The van der Waals surface area contributed by atoms with Crippen molar-refractivity contribution in [1.82, 2.24) is 10.6 Å². The van der Waals surface area contributed by atoms with E-state index in [-0.39, 0.29) is 24.3 Å². The maximum absolute atomic E-state index is 12.7. The maximum Gasteiger partial charge on any atom is 0.328 e. The maximum atomic E-state index is 12.7. The standard InChI is InChI=1S/C26H32N2O4/c1-17(2)13-23(26(31)32-16-19-9-5-4-6-10-19)28-24(29)18(3)27-25(30)22-14-20-11-7-8-12-21(20)15-22/h4-12,17-18,22-23H,13-16H2,1-3H3,(H,27,30)(H,28,29). The first-order chi connectivity index (χ1) is 15.3. The van der Waals surface area contributed by atoms with Crippen molar-refractivity contribution in [3.63, 3.8) is 0 Å².